The van der Waals surface area contributed by atoms with E-state index in [-0.39, 0.29) is 5.02 Å². The lowest BCUT2D eigenvalue weighted by Crippen LogP contribution is -2.01. The van der Waals surface area contributed by atoms with E-state index in [1.165, 1.54) is 26.4 Å². The molecular formula is C13H16ClNO4. The van der Waals surface area contributed by atoms with Crippen molar-refractivity contribution in [1.82, 2.24) is 0 Å². The predicted octanol–water partition coefficient (Wildman–Crippen LogP) is 2.52. The molecule has 0 aliphatic carbocycles. The van der Waals surface area contributed by atoms with Gasteiger partial charge in [0.1, 0.15) is 10.8 Å². The minimum Gasteiger partial charge on any atom is -0.495 e. The van der Waals surface area contributed by atoms with Crippen LogP contribution in [0.2, 0.25) is 5.02 Å². The van der Waals surface area contributed by atoms with Gasteiger partial charge in [0.05, 0.1) is 26.5 Å². The zero-order valence-electron chi connectivity index (χ0n) is 11.0. The molecule has 19 heavy (non-hydrogen) atoms. The van der Waals surface area contributed by atoms with Crippen molar-refractivity contribution in [3.8, 4) is 11.5 Å². The molecule has 0 fully saturated rings. The number of hydrogen-bond donors (Lipinski definition) is 1. The molecule has 0 aromatic heterocycles. The van der Waals surface area contributed by atoms with Gasteiger partial charge in [0.15, 0.2) is 5.75 Å². The number of nitrogen functional groups attached to an aromatic ring is 1. The fraction of sp³-hybridized carbons (Fsp3) is 0.308. The molecule has 1 rings (SSSR count). The number of carbonyl (C=O) groups is 1. The number of carbonyl (C=O) groups excluding carboxylic acids is 1. The fourth-order valence-electron chi connectivity index (χ4n) is 1.48. The van der Waals surface area contributed by atoms with Crippen LogP contribution < -0.4 is 15.2 Å². The number of esters is 1. The monoisotopic (exact) mass is 285 g/mol. The Morgan fingerprint density at radius 3 is 2.63 bits per heavy atom. The van der Waals surface area contributed by atoms with Crippen molar-refractivity contribution in [3.05, 3.63) is 22.7 Å². The highest BCUT2D eigenvalue weighted by Gasteiger charge is 2.15. The second kappa shape index (κ2) is 6.89. The van der Waals surface area contributed by atoms with E-state index < -0.39 is 5.97 Å². The first-order valence-electron chi connectivity index (χ1n) is 5.59. The predicted molar refractivity (Wildman–Crippen MR) is 74.6 cm³/mol. The number of ether oxygens (including phenoxy) is 3. The van der Waals surface area contributed by atoms with Gasteiger partial charge in [-0.3, -0.25) is 0 Å². The van der Waals surface area contributed by atoms with Gasteiger partial charge in [0.25, 0.3) is 0 Å². The fourth-order valence-corrected chi connectivity index (χ4v) is 1.79. The minimum atomic E-state index is -0.449. The second-order valence-corrected chi connectivity index (χ2v) is 3.89. The third kappa shape index (κ3) is 3.54. The first kappa shape index (κ1) is 15.2. The van der Waals surface area contributed by atoms with Crippen LogP contribution in [0.4, 0.5) is 5.69 Å². The standard InChI is InChI=1S/C13H16ClNO4/c1-4-19-10(16)6-5-8-7-9(17-2)11(14)13(18-3)12(8)15/h5-7H,4,15H2,1-3H3. The maximum absolute atomic E-state index is 11.3. The van der Waals surface area contributed by atoms with Crippen molar-refractivity contribution in [1.29, 1.82) is 0 Å². The molecular weight excluding hydrogens is 270 g/mol. The number of anilines is 1. The highest BCUT2D eigenvalue weighted by molar-refractivity contribution is 6.34. The lowest BCUT2D eigenvalue weighted by atomic mass is 10.1. The van der Waals surface area contributed by atoms with Crippen molar-refractivity contribution in [2.24, 2.45) is 0 Å². The van der Waals surface area contributed by atoms with Gasteiger partial charge in [-0.25, -0.2) is 4.79 Å². The van der Waals surface area contributed by atoms with E-state index in [1.54, 1.807) is 13.0 Å². The highest BCUT2D eigenvalue weighted by atomic mass is 35.5. The molecule has 0 heterocycles. The van der Waals surface area contributed by atoms with Crippen LogP contribution in [0, 0.1) is 0 Å². The first-order chi connectivity index (χ1) is 9.04. The van der Waals surface area contributed by atoms with Crippen LogP contribution in [0.1, 0.15) is 12.5 Å². The largest absolute Gasteiger partial charge is 0.495 e. The number of nitrogens with two attached hydrogens (primary N) is 1. The summed E-state index contributed by atoms with van der Waals surface area (Å²) in [6.45, 7) is 2.04. The molecule has 1 aromatic rings. The van der Waals surface area contributed by atoms with Gasteiger partial charge in [-0.2, -0.15) is 0 Å². The Bertz CT molecular complexity index is 500. The van der Waals surface area contributed by atoms with Crippen molar-refractivity contribution >= 4 is 29.3 Å². The molecule has 104 valence electrons. The van der Waals surface area contributed by atoms with Gasteiger partial charge in [0, 0.05) is 11.6 Å². The summed E-state index contributed by atoms with van der Waals surface area (Å²) in [4.78, 5) is 11.3. The number of benzene rings is 1. The van der Waals surface area contributed by atoms with Crippen molar-refractivity contribution in [3.63, 3.8) is 0 Å². The van der Waals surface area contributed by atoms with Crippen molar-refractivity contribution < 1.29 is 19.0 Å². The van der Waals surface area contributed by atoms with E-state index in [1.807, 2.05) is 0 Å². The molecule has 0 saturated carbocycles. The van der Waals surface area contributed by atoms with Crippen LogP contribution in [0.3, 0.4) is 0 Å². The Balaban J connectivity index is 3.17. The topological polar surface area (TPSA) is 70.8 Å². The van der Waals surface area contributed by atoms with E-state index in [0.717, 1.165) is 0 Å². The summed E-state index contributed by atoms with van der Waals surface area (Å²) >= 11 is 6.05. The molecule has 0 atom stereocenters. The Kier molecular flexibility index (Phi) is 5.51. The van der Waals surface area contributed by atoms with Gasteiger partial charge in [0.2, 0.25) is 0 Å². The zero-order valence-corrected chi connectivity index (χ0v) is 11.8. The summed E-state index contributed by atoms with van der Waals surface area (Å²) in [7, 11) is 2.94. The van der Waals surface area contributed by atoms with Crippen LogP contribution in [0.25, 0.3) is 6.08 Å². The lowest BCUT2D eigenvalue weighted by molar-refractivity contribution is -0.137. The quantitative estimate of drug-likeness (QED) is 0.511. The molecule has 0 unspecified atom stereocenters. The summed E-state index contributed by atoms with van der Waals surface area (Å²) in [5.74, 6) is 0.274. The van der Waals surface area contributed by atoms with E-state index in [2.05, 4.69) is 0 Å². The maximum atomic E-state index is 11.3. The Hall–Kier alpha value is -1.88. The normalized spacial score (nSPS) is 10.5. The van der Waals surface area contributed by atoms with Crippen LogP contribution in [-0.2, 0) is 9.53 Å². The molecule has 1 aromatic carbocycles. The van der Waals surface area contributed by atoms with E-state index in [0.29, 0.717) is 29.4 Å². The summed E-state index contributed by atoms with van der Waals surface area (Å²) < 4.78 is 15.0. The number of halogens is 1. The summed E-state index contributed by atoms with van der Waals surface area (Å²) in [6, 6.07) is 1.62. The molecule has 5 nitrogen and oxygen atoms in total. The molecule has 0 saturated heterocycles. The highest BCUT2D eigenvalue weighted by Crippen LogP contribution is 2.41. The first-order valence-corrected chi connectivity index (χ1v) is 5.97. The summed E-state index contributed by atoms with van der Waals surface area (Å²) in [6.07, 6.45) is 2.80. The molecule has 6 heteroatoms. The van der Waals surface area contributed by atoms with Gasteiger partial charge in [-0.15, -0.1) is 0 Å². The lowest BCUT2D eigenvalue weighted by Gasteiger charge is -2.13. The number of hydrogen-bond acceptors (Lipinski definition) is 5. The van der Waals surface area contributed by atoms with Gasteiger partial charge < -0.3 is 19.9 Å². The molecule has 0 radical (unpaired) electrons. The Labute approximate surface area is 116 Å². The van der Waals surface area contributed by atoms with E-state index in [4.69, 9.17) is 31.5 Å². The Morgan fingerprint density at radius 1 is 1.42 bits per heavy atom. The third-order valence-corrected chi connectivity index (χ3v) is 2.73. The second-order valence-electron chi connectivity index (χ2n) is 3.51. The molecule has 0 amide bonds. The zero-order chi connectivity index (χ0) is 14.4. The van der Waals surface area contributed by atoms with Crippen molar-refractivity contribution in [2.45, 2.75) is 6.92 Å². The van der Waals surface area contributed by atoms with E-state index >= 15 is 0 Å². The summed E-state index contributed by atoms with van der Waals surface area (Å²) in [5, 5.41) is 0.288. The maximum Gasteiger partial charge on any atom is 0.330 e. The molecule has 0 aliphatic rings. The molecule has 0 bridgehead atoms. The van der Waals surface area contributed by atoms with Crippen LogP contribution in [-0.4, -0.2) is 26.8 Å². The smallest absolute Gasteiger partial charge is 0.330 e. The van der Waals surface area contributed by atoms with Crippen LogP contribution in [0.15, 0.2) is 12.1 Å². The van der Waals surface area contributed by atoms with Crippen LogP contribution >= 0.6 is 11.6 Å². The average Bonchev–Trinajstić information content (AvgIpc) is 2.39. The molecule has 0 spiro atoms. The minimum absolute atomic E-state index is 0.288. The SMILES string of the molecule is CCOC(=O)C=Cc1cc(OC)c(Cl)c(OC)c1N. The molecule has 2 N–H and O–H groups in total. The summed E-state index contributed by atoms with van der Waals surface area (Å²) in [5.41, 5.74) is 6.80. The Morgan fingerprint density at radius 2 is 2.11 bits per heavy atom. The van der Waals surface area contributed by atoms with Crippen molar-refractivity contribution in [2.75, 3.05) is 26.6 Å². The third-order valence-electron chi connectivity index (χ3n) is 2.37. The number of rotatable bonds is 5. The number of methoxy groups -OCH3 is 2. The van der Waals surface area contributed by atoms with Gasteiger partial charge in [-0.05, 0) is 19.1 Å². The molecule has 0 aliphatic heterocycles. The van der Waals surface area contributed by atoms with Gasteiger partial charge >= 0.3 is 5.97 Å². The van der Waals surface area contributed by atoms with Gasteiger partial charge in [-0.1, -0.05) is 11.6 Å². The van der Waals surface area contributed by atoms with E-state index in [9.17, 15) is 4.79 Å². The average molecular weight is 286 g/mol. The van der Waals surface area contributed by atoms with Crippen LogP contribution in [0.5, 0.6) is 11.5 Å².